The van der Waals surface area contributed by atoms with E-state index in [9.17, 15) is 19.2 Å². The van der Waals surface area contributed by atoms with Crippen LogP contribution in [-0.2, 0) is 24.5 Å². The van der Waals surface area contributed by atoms with Gasteiger partial charge in [0.1, 0.15) is 23.7 Å². The van der Waals surface area contributed by atoms with E-state index in [1.54, 1.807) is 9.80 Å². The summed E-state index contributed by atoms with van der Waals surface area (Å²) in [5.41, 5.74) is 6.55. The molecule has 8 rings (SSSR count). The first kappa shape index (κ1) is 48.7. The standard InChI is InChI=1S/C52H67N11O6/c1-30(2)42(53-50(66)68-8)48(64)61-28-10-12-40(61)46-55-44(57-59-46)34-18-14-32(15-19-34)38-26-27-39(63(38)37-24-22-36(23-25-37)52(5,6)7)33-16-20-35(21-17-33)45-56-47(60-58-45)41-13-11-29-62(41)49(65)43(31(3)4)54-51(67)69-9/h14-25,30-31,38-43H,10-13,26-29H2,1-9H3,(H,53,66)(H,54,67)(H,55,57,59)(H,56,58,60)/t38-,39-,40-,41-,42-,43-/m0/s1. The van der Waals surface area contributed by atoms with E-state index in [2.05, 4.69) is 129 Å². The number of hydrogen-bond acceptors (Lipinski definition) is 11. The molecule has 5 heterocycles. The van der Waals surface area contributed by atoms with Crippen LogP contribution in [0.25, 0.3) is 22.8 Å². The van der Waals surface area contributed by atoms with Crippen molar-refractivity contribution in [3.63, 3.8) is 0 Å². The molecule has 3 aliphatic rings. The van der Waals surface area contributed by atoms with Crippen molar-refractivity contribution in [2.45, 2.75) is 129 Å². The largest absolute Gasteiger partial charge is 0.453 e. The fourth-order valence-corrected chi connectivity index (χ4v) is 10.2. The molecule has 69 heavy (non-hydrogen) atoms. The predicted octanol–water partition coefficient (Wildman–Crippen LogP) is 8.73. The van der Waals surface area contributed by atoms with Gasteiger partial charge in [0.15, 0.2) is 11.6 Å². The number of aromatic nitrogens is 6. The summed E-state index contributed by atoms with van der Waals surface area (Å²) in [5.74, 6) is 1.78. The molecule has 0 saturated carbocycles. The Hall–Kier alpha value is -6.78. The van der Waals surface area contributed by atoms with Crippen LogP contribution in [0.4, 0.5) is 15.3 Å². The Balaban J connectivity index is 1.00. The smallest absolute Gasteiger partial charge is 0.407 e. The molecule has 17 nitrogen and oxygen atoms in total. The fourth-order valence-electron chi connectivity index (χ4n) is 10.2. The van der Waals surface area contributed by atoms with Crippen molar-refractivity contribution >= 4 is 29.7 Å². The number of nitrogens with one attached hydrogen (secondary N) is 4. The first-order chi connectivity index (χ1) is 33.1. The number of amides is 4. The van der Waals surface area contributed by atoms with Crippen molar-refractivity contribution in [1.29, 1.82) is 0 Å². The summed E-state index contributed by atoms with van der Waals surface area (Å²) >= 11 is 0. The zero-order chi connectivity index (χ0) is 49.1. The van der Waals surface area contributed by atoms with Gasteiger partial charge < -0.3 is 34.8 Å². The molecule has 4 amide bonds. The molecule has 2 aromatic heterocycles. The number of carbonyl (C=O) groups is 4. The monoisotopic (exact) mass is 942 g/mol. The third-order valence-corrected chi connectivity index (χ3v) is 14.0. The number of anilines is 1. The van der Waals surface area contributed by atoms with Gasteiger partial charge in [0.2, 0.25) is 11.8 Å². The molecule has 3 aliphatic heterocycles. The molecule has 0 radical (unpaired) electrons. The second kappa shape index (κ2) is 20.4. The van der Waals surface area contributed by atoms with Crippen LogP contribution >= 0.6 is 0 Å². The van der Waals surface area contributed by atoms with E-state index in [4.69, 9.17) is 19.4 Å². The first-order valence-corrected chi connectivity index (χ1v) is 24.3. The quantitative estimate of drug-likeness (QED) is 0.0879. The lowest BCUT2D eigenvalue weighted by atomic mass is 9.87. The van der Waals surface area contributed by atoms with E-state index in [0.717, 1.165) is 55.3 Å². The van der Waals surface area contributed by atoms with Gasteiger partial charge in [-0.05, 0) is 84.6 Å². The van der Waals surface area contributed by atoms with Crippen molar-refractivity contribution in [3.05, 3.63) is 101 Å². The SMILES string of the molecule is COC(=O)N[C@H](C(=O)N1CCC[C@H]1c1nc(-c2ccc([C@@H]3CC[C@@H](c4ccc(-c5n[nH]c([C@@H]6CCCN6C(=O)[C@@H](NC(=O)OC)C(C)C)n5)cc4)N3c3ccc(C(C)(C)C)cc3)cc2)n[nH]1)C(C)C. The van der Waals surface area contributed by atoms with Crippen molar-refractivity contribution in [2.75, 3.05) is 32.2 Å². The average molecular weight is 942 g/mol. The number of benzene rings is 3. The highest BCUT2D eigenvalue weighted by Gasteiger charge is 2.40. The van der Waals surface area contributed by atoms with Gasteiger partial charge >= 0.3 is 12.2 Å². The Morgan fingerprint density at radius 2 is 1.00 bits per heavy atom. The summed E-state index contributed by atoms with van der Waals surface area (Å²) in [4.78, 5) is 67.6. The normalized spacial score (nSPS) is 20.4. The number of rotatable bonds is 13. The lowest BCUT2D eigenvalue weighted by molar-refractivity contribution is -0.136. The number of nitrogens with zero attached hydrogens (tertiary/aromatic N) is 7. The molecule has 0 bridgehead atoms. The number of likely N-dealkylation sites (tertiary alicyclic amines) is 2. The number of methoxy groups -OCH3 is 2. The minimum atomic E-state index is -0.718. The number of carbonyl (C=O) groups excluding carboxylic acids is 4. The van der Waals surface area contributed by atoms with Gasteiger partial charge in [-0.15, -0.1) is 0 Å². The van der Waals surface area contributed by atoms with E-state index < -0.39 is 24.3 Å². The highest BCUT2D eigenvalue weighted by molar-refractivity contribution is 5.87. The maximum absolute atomic E-state index is 13.7. The number of aromatic amines is 2. The molecule has 3 fully saturated rings. The molecule has 3 aromatic carbocycles. The van der Waals surface area contributed by atoms with E-state index >= 15 is 0 Å². The highest BCUT2D eigenvalue weighted by atomic mass is 16.5. The van der Waals surface area contributed by atoms with E-state index in [1.165, 1.54) is 30.9 Å². The Kier molecular flexibility index (Phi) is 14.4. The number of H-pyrrole nitrogens is 2. The van der Waals surface area contributed by atoms with Crippen molar-refractivity contribution in [1.82, 2.24) is 50.8 Å². The van der Waals surface area contributed by atoms with E-state index in [-0.39, 0.29) is 53.2 Å². The van der Waals surface area contributed by atoms with Gasteiger partial charge in [0.05, 0.1) is 38.4 Å². The Bertz CT molecular complexity index is 2430. The molecule has 0 unspecified atom stereocenters. The zero-order valence-corrected chi connectivity index (χ0v) is 41.3. The second-order valence-corrected chi connectivity index (χ2v) is 20.2. The predicted molar refractivity (Wildman–Crippen MR) is 262 cm³/mol. The van der Waals surface area contributed by atoms with E-state index in [0.29, 0.717) is 36.4 Å². The van der Waals surface area contributed by atoms with Crippen LogP contribution < -0.4 is 15.5 Å². The van der Waals surface area contributed by atoms with Gasteiger partial charge in [0.25, 0.3) is 0 Å². The van der Waals surface area contributed by atoms with Gasteiger partial charge in [-0.1, -0.05) is 109 Å². The summed E-state index contributed by atoms with van der Waals surface area (Å²) in [6.07, 6.45) is 3.73. The lowest BCUT2D eigenvalue weighted by Crippen LogP contribution is -2.51. The van der Waals surface area contributed by atoms with Gasteiger partial charge in [-0.2, -0.15) is 10.2 Å². The first-order valence-electron chi connectivity index (χ1n) is 24.3. The summed E-state index contributed by atoms with van der Waals surface area (Å²) in [6.45, 7) is 15.4. The Morgan fingerprint density at radius 3 is 1.36 bits per heavy atom. The maximum atomic E-state index is 13.7. The molecular weight excluding hydrogens is 875 g/mol. The zero-order valence-electron chi connectivity index (χ0n) is 41.3. The topological polar surface area (TPSA) is 204 Å². The van der Waals surface area contributed by atoms with Gasteiger partial charge in [0, 0.05) is 29.9 Å². The van der Waals surface area contributed by atoms with Crippen LogP contribution in [-0.4, -0.2) is 104 Å². The van der Waals surface area contributed by atoms with Gasteiger partial charge in [-0.3, -0.25) is 19.8 Å². The number of ether oxygens (including phenoxy) is 2. The van der Waals surface area contributed by atoms with Crippen molar-refractivity contribution in [2.24, 2.45) is 11.8 Å². The highest BCUT2D eigenvalue weighted by Crippen LogP contribution is 2.48. The Labute approximate surface area is 404 Å². The van der Waals surface area contributed by atoms with Crippen LogP contribution in [0.3, 0.4) is 0 Å². The molecular formula is C52H67N11O6. The van der Waals surface area contributed by atoms with Crippen molar-refractivity contribution < 1.29 is 28.7 Å². The molecule has 4 N–H and O–H groups in total. The summed E-state index contributed by atoms with van der Waals surface area (Å²) < 4.78 is 9.60. The molecule has 5 aromatic rings. The van der Waals surface area contributed by atoms with Crippen LogP contribution in [0.5, 0.6) is 0 Å². The summed E-state index contributed by atoms with van der Waals surface area (Å²) in [5, 5.41) is 20.9. The molecule has 17 heteroatoms. The minimum absolute atomic E-state index is 0.0158. The molecule has 6 atom stereocenters. The molecule has 0 spiro atoms. The lowest BCUT2D eigenvalue weighted by Gasteiger charge is -2.34. The summed E-state index contributed by atoms with van der Waals surface area (Å²) in [6, 6.07) is 24.2. The van der Waals surface area contributed by atoms with Crippen molar-refractivity contribution in [3.8, 4) is 22.8 Å². The van der Waals surface area contributed by atoms with Crippen LogP contribution in [0.2, 0.25) is 0 Å². The fraction of sp³-hybridized carbons (Fsp3) is 0.500. The summed E-state index contributed by atoms with van der Waals surface area (Å²) in [7, 11) is 2.58. The van der Waals surface area contributed by atoms with E-state index in [1.807, 2.05) is 27.7 Å². The number of hydrogen-bond donors (Lipinski definition) is 4. The minimum Gasteiger partial charge on any atom is -0.453 e. The van der Waals surface area contributed by atoms with Crippen LogP contribution in [0, 0.1) is 11.8 Å². The molecule has 3 saturated heterocycles. The van der Waals surface area contributed by atoms with Crippen LogP contribution in [0.15, 0.2) is 72.8 Å². The second-order valence-electron chi connectivity index (χ2n) is 20.2. The third-order valence-electron chi connectivity index (χ3n) is 14.0. The Morgan fingerprint density at radius 1 is 0.594 bits per heavy atom. The van der Waals surface area contributed by atoms with Gasteiger partial charge in [-0.25, -0.2) is 19.6 Å². The molecule has 0 aliphatic carbocycles. The maximum Gasteiger partial charge on any atom is 0.407 e. The number of alkyl carbamates (subject to hydrolysis) is 2. The van der Waals surface area contributed by atoms with Crippen LogP contribution in [0.1, 0.15) is 139 Å². The average Bonchev–Trinajstić information content (AvgIpc) is 4.21. The molecule has 366 valence electrons. The third kappa shape index (κ3) is 10.3.